The highest BCUT2D eigenvalue weighted by atomic mass is 16.6. The fourth-order valence-electron chi connectivity index (χ4n) is 1.82. The van der Waals surface area contributed by atoms with Crippen molar-refractivity contribution in [2.45, 2.75) is 45.7 Å². The van der Waals surface area contributed by atoms with Gasteiger partial charge in [0.1, 0.15) is 6.10 Å². The number of benzene rings is 1. The molecule has 0 aromatic heterocycles. The van der Waals surface area contributed by atoms with Crippen molar-refractivity contribution in [3.8, 4) is 0 Å². The summed E-state index contributed by atoms with van der Waals surface area (Å²) < 4.78 is 22.2. The normalized spacial score (nSPS) is 15.0. The van der Waals surface area contributed by atoms with E-state index < -0.39 is 0 Å². The van der Waals surface area contributed by atoms with Gasteiger partial charge in [0, 0.05) is 0 Å². The van der Waals surface area contributed by atoms with E-state index >= 15 is 0 Å². The molecule has 1 rings (SSSR count). The first-order chi connectivity index (χ1) is 10.6. The number of hydrogen-bond acceptors (Lipinski definition) is 4. The Labute approximate surface area is 134 Å². The minimum Gasteiger partial charge on any atom is -0.497 e. The van der Waals surface area contributed by atoms with Crippen LogP contribution < -0.4 is 0 Å². The molecule has 4 heteroatoms. The zero-order valence-electron chi connectivity index (χ0n) is 13.9. The number of hydrogen-bond donors (Lipinski definition) is 0. The van der Waals surface area contributed by atoms with Crippen LogP contribution in [0.25, 0.3) is 0 Å². The predicted octanol–water partition coefficient (Wildman–Crippen LogP) is 3.56. The lowest BCUT2D eigenvalue weighted by molar-refractivity contribution is -0.0728. The molecule has 0 aliphatic heterocycles. The summed E-state index contributed by atoms with van der Waals surface area (Å²) in [5.41, 5.74) is 1.17. The van der Waals surface area contributed by atoms with Crippen LogP contribution in [0, 0.1) is 0 Å². The molecule has 3 unspecified atom stereocenters. The highest BCUT2D eigenvalue weighted by Crippen LogP contribution is 2.03. The second-order valence-corrected chi connectivity index (χ2v) is 5.40. The van der Waals surface area contributed by atoms with Gasteiger partial charge in [-0.15, -0.1) is 0 Å². The van der Waals surface area contributed by atoms with Crippen molar-refractivity contribution in [3.63, 3.8) is 0 Å². The van der Waals surface area contributed by atoms with Gasteiger partial charge in [-0.1, -0.05) is 36.9 Å². The molecule has 22 heavy (non-hydrogen) atoms. The van der Waals surface area contributed by atoms with Crippen LogP contribution in [-0.4, -0.2) is 38.1 Å². The number of ether oxygens (including phenoxy) is 4. The van der Waals surface area contributed by atoms with Crippen molar-refractivity contribution in [3.05, 3.63) is 48.7 Å². The Kier molecular flexibility index (Phi) is 9.55. The Bertz CT molecular complexity index is 393. The van der Waals surface area contributed by atoms with Crippen molar-refractivity contribution >= 4 is 0 Å². The zero-order valence-corrected chi connectivity index (χ0v) is 13.9. The first-order valence-electron chi connectivity index (χ1n) is 7.73. The van der Waals surface area contributed by atoms with Gasteiger partial charge in [-0.05, 0) is 26.3 Å². The first kappa shape index (κ1) is 18.7. The third kappa shape index (κ3) is 8.82. The van der Waals surface area contributed by atoms with E-state index in [4.69, 9.17) is 18.9 Å². The molecule has 1 aromatic rings. The maximum atomic E-state index is 5.72. The topological polar surface area (TPSA) is 36.9 Å². The van der Waals surface area contributed by atoms with Gasteiger partial charge >= 0.3 is 0 Å². The molecule has 3 atom stereocenters. The van der Waals surface area contributed by atoms with Crippen LogP contribution in [0.1, 0.15) is 26.3 Å². The molecule has 0 bridgehead atoms. The second kappa shape index (κ2) is 11.2. The van der Waals surface area contributed by atoms with Crippen molar-refractivity contribution in [2.24, 2.45) is 0 Å². The first-order valence-corrected chi connectivity index (χ1v) is 7.73. The third-order valence-corrected chi connectivity index (χ3v) is 3.02. The Morgan fingerprint density at radius 3 is 2.14 bits per heavy atom. The molecule has 0 spiro atoms. The Morgan fingerprint density at radius 2 is 1.50 bits per heavy atom. The van der Waals surface area contributed by atoms with Gasteiger partial charge in [0.2, 0.25) is 0 Å². The third-order valence-electron chi connectivity index (χ3n) is 3.02. The van der Waals surface area contributed by atoms with Gasteiger partial charge in [0.15, 0.2) is 0 Å². The van der Waals surface area contributed by atoms with Crippen LogP contribution in [0.3, 0.4) is 0 Å². The van der Waals surface area contributed by atoms with E-state index in [0.717, 1.165) is 0 Å². The Morgan fingerprint density at radius 1 is 0.909 bits per heavy atom. The van der Waals surface area contributed by atoms with Crippen LogP contribution in [0.2, 0.25) is 0 Å². The van der Waals surface area contributed by atoms with Crippen LogP contribution in [0.4, 0.5) is 0 Å². The lowest BCUT2D eigenvalue weighted by Gasteiger charge is -2.19. The zero-order chi connectivity index (χ0) is 16.2. The van der Waals surface area contributed by atoms with E-state index in [1.54, 1.807) is 0 Å². The molecule has 0 radical (unpaired) electrons. The monoisotopic (exact) mass is 308 g/mol. The standard InChI is InChI=1S/C18H28O4/c1-5-20-16(3)12-22-17(4)13-21-15(2)11-19-14-18-9-7-6-8-10-18/h5-10,15-17H,1,11-14H2,2-4H3. The van der Waals surface area contributed by atoms with E-state index in [-0.39, 0.29) is 18.3 Å². The summed E-state index contributed by atoms with van der Waals surface area (Å²) in [7, 11) is 0. The molecule has 0 heterocycles. The van der Waals surface area contributed by atoms with E-state index in [1.165, 1.54) is 11.8 Å². The molecule has 1 aromatic carbocycles. The van der Waals surface area contributed by atoms with Gasteiger partial charge < -0.3 is 18.9 Å². The van der Waals surface area contributed by atoms with Crippen molar-refractivity contribution < 1.29 is 18.9 Å². The van der Waals surface area contributed by atoms with Crippen LogP contribution in [0.15, 0.2) is 43.2 Å². The predicted molar refractivity (Wildman–Crippen MR) is 87.7 cm³/mol. The van der Waals surface area contributed by atoms with E-state index in [0.29, 0.717) is 26.4 Å². The molecule has 0 amide bonds. The SMILES string of the molecule is C=COC(C)COC(C)COC(C)COCc1ccccc1. The summed E-state index contributed by atoms with van der Waals surface area (Å²) in [6.07, 6.45) is 1.50. The van der Waals surface area contributed by atoms with Crippen LogP contribution in [-0.2, 0) is 25.6 Å². The van der Waals surface area contributed by atoms with Crippen LogP contribution in [0.5, 0.6) is 0 Å². The van der Waals surface area contributed by atoms with Gasteiger partial charge in [-0.3, -0.25) is 0 Å². The lowest BCUT2D eigenvalue weighted by Crippen LogP contribution is -2.26. The average Bonchev–Trinajstić information content (AvgIpc) is 2.52. The highest BCUT2D eigenvalue weighted by Gasteiger charge is 2.09. The molecule has 0 saturated heterocycles. The van der Waals surface area contributed by atoms with E-state index in [1.807, 2.05) is 51.1 Å². The molecule has 0 fully saturated rings. The Hall–Kier alpha value is -1.36. The molecule has 0 aliphatic rings. The maximum absolute atomic E-state index is 5.72. The van der Waals surface area contributed by atoms with Crippen molar-refractivity contribution in [2.75, 3.05) is 19.8 Å². The average molecular weight is 308 g/mol. The summed E-state index contributed by atoms with van der Waals surface area (Å²) in [5, 5.41) is 0. The smallest absolute Gasteiger partial charge is 0.118 e. The summed E-state index contributed by atoms with van der Waals surface area (Å²) >= 11 is 0. The lowest BCUT2D eigenvalue weighted by atomic mass is 10.2. The fourth-order valence-corrected chi connectivity index (χ4v) is 1.82. The van der Waals surface area contributed by atoms with E-state index in [9.17, 15) is 0 Å². The molecule has 0 aliphatic carbocycles. The summed E-state index contributed by atoms with van der Waals surface area (Å²) in [6.45, 7) is 11.7. The fraction of sp³-hybridized carbons (Fsp3) is 0.556. The van der Waals surface area contributed by atoms with E-state index in [2.05, 4.69) is 6.58 Å². The summed E-state index contributed by atoms with van der Waals surface area (Å²) in [4.78, 5) is 0. The van der Waals surface area contributed by atoms with Crippen molar-refractivity contribution in [1.29, 1.82) is 0 Å². The van der Waals surface area contributed by atoms with Gasteiger partial charge in [0.05, 0.1) is 44.9 Å². The number of rotatable bonds is 12. The highest BCUT2D eigenvalue weighted by molar-refractivity contribution is 5.13. The van der Waals surface area contributed by atoms with Crippen LogP contribution >= 0.6 is 0 Å². The van der Waals surface area contributed by atoms with Gasteiger partial charge in [-0.25, -0.2) is 0 Å². The summed E-state index contributed by atoms with van der Waals surface area (Å²) in [5.74, 6) is 0. The van der Waals surface area contributed by atoms with Gasteiger partial charge in [0.25, 0.3) is 0 Å². The minimum absolute atomic E-state index is 0.00609. The second-order valence-electron chi connectivity index (χ2n) is 5.40. The van der Waals surface area contributed by atoms with Gasteiger partial charge in [-0.2, -0.15) is 0 Å². The molecule has 0 saturated carbocycles. The Balaban J connectivity index is 2.07. The molecule has 0 N–H and O–H groups in total. The molecule has 124 valence electrons. The quantitative estimate of drug-likeness (QED) is 0.553. The minimum atomic E-state index is 0.00609. The summed E-state index contributed by atoms with van der Waals surface area (Å²) in [6, 6.07) is 10.1. The largest absolute Gasteiger partial charge is 0.497 e. The molecule has 4 nitrogen and oxygen atoms in total. The maximum Gasteiger partial charge on any atom is 0.118 e. The molecular weight excluding hydrogens is 280 g/mol. The van der Waals surface area contributed by atoms with Crippen molar-refractivity contribution in [1.82, 2.24) is 0 Å². The molecular formula is C18H28O4.